The minimum Gasteiger partial charge on any atom is -0.434 e. The molecule has 1 aromatic heterocycles. The van der Waals surface area contributed by atoms with E-state index in [9.17, 15) is 23.2 Å². The van der Waals surface area contributed by atoms with E-state index in [1.54, 1.807) is 0 Å². The quantitative estimate of drug-likeness (QED) is 0.738. The first-order valence-electron chi connectivity index (χ1n) is 8.27. The van der Waals surface area contributed by atoms with Crippen molar-refractivity contribution in [1.29, 1.82) is 0 Å². The molecule has 0 bridgehead atoms. The highest BCUT2D eigenvalue weighted by atomic mass is 19.3. The largest absolute Gasteiger partial charge is 0.434 e. The summed E-state index contributed by atoms with van der Waals surface area (Å²) in [6.45, 7) is -3.06. The minimum absolute atomic E-state index is 0.0375. The van der Waals surface area contributed by atoms with E-state index in [4.69, 9.17) is 5.73 Å². The zero-order valence-corrected chi connectivity index (χ0v) is 14.1. The van der Waals surface area contributed by atoms with Gasteiger partial charge in [0.2, 0.25) is 0 Å². The number of ether oxygens (including phenoxy) is 1. The summed E-state index contributed by atoms with van der Waals surface area (Å²) >= 11 is 0. The second-order valence-corrected chi connectivity index (χ2v) is 6.10. The molecule has 2 amide bonds. The smallest absolute Gasteiger partial charge is 0.387 e. The van der Waals surface area contributed by atoms with Crippen LogP contribution in [-0.2, 0) is 6.42 Å². The van der Waals surface area contributed by atoms with Gasteiger partial charge in [-0.2, -0.15) is 8.78 Å². The number of carbonyl (C=O) groups excluding carboxylic acids is 2. The number of aromatic nitrogens is 1. The van der Waals surface area contributed by atoms with Crippen LogP contribution in [-0.4, -0.2) is 23.4 Å². The molecule has 0 saturated carbocycles. The lowest BCUT2D eigenvalue weighted by Gasteiger charge is -2.26. The predicted octanol–water partition coefficient (Wildman–Crippen LogP) is 1.88. The van der Waals surface area contributed by atoms with Crippen LogP contribution in [0, 0.1) is 0 Å². The molecule has 27 heavy (non-hydrogen) atoms. The van der Waals surface area contributed by atoms with Crippen molar-refractivity contribution in [3.05, 3.63) is 63.1 Å². The molecule has 1 aromatic carbocycles. The Morgan fingerprint density at radius 3 is 2.70 bits per heavy atom. The van der Waals surface area contributed by atoms with Crippen LogP contribution in [0.5, 0.6) is 5.75 Å². The Kier molecular flexibility index (Phi) is 5.20. The molecule has 0 radical (unpaired) electrons. The van der Waals surface area contributed by atoms with Crippen molar-refractivity contribution in [2.24, 2.45) is 5.73 Å². The molecule has 0 fully saturated rings. The van der Waals surface area contributed by atoms with E-state index < -0.39 is 30.0 Å². The van der Waals surface area contributed by atoms with Crippen molar-refractivity contribution in [2.75, 3.05) is 0 Å². The van der Waals surface area contributed by atoms with Gasteiger partial charge >= 0.3 is 6.61 Å². The number of aromatic amines is 1. The Bertz CT molecular complexity index is 942. The molecule has 142 valence electrons. The molecule has 1 atom stereocenters. The number of amides is 2. The van der Waals surface area contributed by atoms with Gasteiger partial charge in [-0.3, -0.25) is 14.4 Å². The maximum atomic E-state index is 12.6. The number of nitrogens with two attached hydrogens (primary N) is 1. The number of nitrogens with one attached hydrogen (secondary N) is 2. The summed E-state index contributed by atoms with van der Waals surface area (Å²) in [6.07, 6.45) is 1.83. The van der Waals surface area contributed by atoms with E-state index in [0.717, 1.165) is 0 Å². The lowest BCUT2D eigenvalue weighted by atomic mass is 9.90. The third-order valence-electron chi connectivity index (χ3n) is 4.37. The van der Waals surface area contributed by atoms with Gasteiger partial charge in [0.25, 0.3) is 17.4 Å². The van der Waals surface area contributed by atoms with E-state index in [-0.39, 0.29) is 16.9 Å². The first-order chi connectivity index (χ1) is 12.9. The topological polar surface area (TPSA) is 114 Å². The number of alkyl halides is 2. The summed E-state index contributed by atoms with van der Waals surface area (Å²) in [5, 5.41) is 2.75. The van der Waals surface area contributed by atoms with Gasteiger partial charge in [0.1, 0.15) is 11.3 Å². The molecule has 0 spiro atoms. The average molecular weight is 377 g/mol. The van der Waals surface area contributed by atoms with Crippen molar-refractivity contribution in [3.63, 3.8) is 0 Å². The van der Waals surface area contributed by atoms with Gasteiger partial charge in [0.05, 0.1) is 11.6 Å². The van der Waals surface area contributed by atoms with E-state index >= 15 is 0 Å². The molecule has 1 aliphatic carbocycles. The van der Waals surface area contributed by atoms with Crippen molar-refractivity contribution in [2.45, 2.75) is 31.9 Å². The number of rotatable bonds is 5. The highest BCUT2D eigenvalue weighted by molar-refractivity contribution is 5.97. The number of hydrogen-bond acceptors (Lipinski definition) is 4. The minimum atomic E-state index is -3.06. The fourth-order valence-corrected chi connectivity index (χ4v) is 3.16. The Morgan fingerprint density at radius 2 is 2.00 bits per heavy atom. The van der Waals surface area contributed by atoms with Crippen molar-refractivity contribution < 1.29 is 23.1 Å². The highest BCUT2D eigenvalue weighted by Crippen LogP contribution is 2.29. The highest BCUT2D eigenvalue weighted by Gasteiger charge is 2.26. The van der Waals surface area contributed by atoms with Gasteiger partial charge in [0, 0.05) is 5.69 Å². The maximum Gasteiger partial charge on any atom is 0.387 e. The molecule has 1 unspecified atom stereocenters. The Balaban J connectivity index is 1.90. The molecule has 0 saturated heterocycles. The van der Waals surface area contributed by atoms with E-state index in [0.29, 0.717) is 30.5 Å². The summed E-state index contributed by atoms with van der Waals surface area (Å²) in [5.74, 6) is -1.71. The molecule has 0 aliphatic heterocycles. The molecule has 1 heterocycles. The first-order valence-corrected chi connectivity index (χ1v) is 8.27. The summed E-state index contributed by atoms with van der Waals surface area (Å²) < 4.78 is 29.5. The van der Waals surface area contributed by atoms with Crippen molar-refractivity contribution >= 4 is 11.8 Å². The zero-order valence-electron chi connectivity index (χ0n) is 14.1. The second-order valence-electron chi connectivity index (χ2n) is 6.10. The van der Waals surface area contributed by atoms with Crippen molar-refractivity contribution in [3.8, 4) is 5.75 Å². The van der Waals surface area contributed by atoms with Crippen LogP contribution in [0.15, 0.2) is 35.1 Å². The van der Waals surface area contributed by atoms with Crippen LogP contribution in [0.3, 0.4) is 0 Å². The van der Waals surface area contributed by atoms with Crippen LogP contribution in [0.4, 0.5) is 8.78 Å². The summed E-state index contributed by atoms with van der Waals surface area (Å²) in [7, 11) is 0. The van der Waals surface area contributed by atoms with Gasteiger partial charge in [0.15, 0.2) is 0 Å². The normalized spacial score (nSPS) is 15.9. The standard InChI is InChI=1S/C18H17F2N3O4/c19-18(20)27-14-7-2-1-4-9(14)16(25)22-12-5-3-6-13-10(12)8-11(15(21)24)17(26)23-13/h1-2,4,7-8,12,18H,3,5-6H2,(H2,21,24)(H,22,25)(H,23,26). The summed E-state index contributed by atoms with van der Waals surface area (Å²) in [4.78, 5) is 38.6. The molecule has 9 heteroatoms. The van der Waals surface area contributed by atoms with Gasteiger partial charge < -0.3 is 20.8 Å². The number of aryl methyl sites for hydroxylation is 1. The number of halogens is 2. The van der Waals surface area contributed by atoms with Crippen LogP contribution in [0.2, 0.25) is 0 Å². The number of para-hydroxylation sites is 1. The average Bonchev–Trinajstić information content (AvgIpc) is 2.61. The van der Waals surface area contributed by atoms with Crippen molar-refractivity contribution in [1.82, 2.24) is 10.3 Å². The fraction of sp³-hybridized carbons (Fsp3) is 0.278. The third-order valence-corrected chi connectivity index (χ3v) is 4.37. The van der Waals surface area contributed by atoms with E-state index in [2.05, 4.69) is 15.0 Å². The van der Waals surface area contributed by atoms with Gasteiger partial charge in [-0.25, -0.2) is 0 Å². The number of benzene rings is 1. The summed E-state index contributed by atoms with van der Waals surface area (Å²) in [6, 6.07) is 6.54. The lowest BCUT2D eigenvalue weighted by molar-refractivity contribution is -0.0501. The van der Waals surface area contributed by atoms with Crippen LogP contribution in [0.1, 0.15) is 50.9 Å². The van der Waals surface area contributed by atoms with Crippen LogP contribution in [0.25, 0.3) is 0 Å². The molecular weight excluding hydrogens is 360 g/mol. The molecule has 7 nitrogen and oxygen atoms in total. The predicted molar refractivity (Wildman–Crippen MR) is 91.8 cm³/mol. The molecule has 2 aromatic rings. The summed E-state index contributed by atoms with van der Waals surface area (Å²) in [5.41, 5.74) is 5.59. The maximum absolute atomic E-state index is 12.6. The third kappa shape index (κ3) is 3.97. The second kappa shape index (κ2) is 7.56. The Morgan fingerprint density at radius 1 is 1.26 bits per heavy atom. The molecular formula is C18H17F2N3O4. The molecule has 3 rings (SSSR count). The van der Waals surface area contributed by atoms with Gasteiger partial charge in [-0.15, -0.1) is 0 Å². The van der Waals surface area contributed by atoms with E-state index in [1.807, 2.05) is 0 Å². The SMILES string of the molecule is NC(=O)c1cc2c([nH]c1=O)CCCC2NC(=O)c1ccccc1OC(F)F. The Labute approximate surface area is 152 Å². The number of pyridine rings is 1. The monoisotopic (exact) mass is 377 g/mol. The lowest BCUT2D eigenvalue weighted by Crippen LogP contribution is -2.34. The van der Waals surface area contributed by atoms with Gasteiger partial charge in [-0.05, 0) is 43.0 Å². The van der Waals surface area contributed by atoms with Gasteiger partial charge in [-0.1, -0.05) is 12.1 Å². The van der Waals surface area contributed by atoms with E-state index in [1.165, 1.54) is 30.3 Å². The number of H-pyrrole nitrogens is 1. The molecule has 1 aliphatic rings. The first kappa shape index (κ1) is 18.6. The Hall–Kier alpha value is -3.23. The van der Waals surface area contributed by atoms with Crippen LogP contribution >= 0.6 is 0 Å². The number of primary amides is 1. The fourth-order valence-electron chi connectivity index (χ4n) is 3.16. The number of hydrogen-bond donors (Lipinski definition) is 3. The number of fused-ring (bicyclic) bond motifs is 1. The number of carbonyl (C=O) groups is 2. The van der Waals surface area contributed by atoms with Crippen LogP contribution < -0.4 is 21.3 Å². The zero-order chi connectivity index (χ0) is 19.6. The molecule has 4 N–H and O–H groups in total.